The molecule has 0 heterocycles. The summed E-state index contributed by atoms with van der Waals surface area (Å²) >= 11 is 4.24. The van der Waals surface area contributed by atoms with Gasteiger partial charge in [-0.3, -0.25) is 0 Å². The van der Waals surface area contributed by atoms with Crippen molar-refractivity contribution in [3.05, 3.63) is 0 Å². The van der Waals surface area contributed by atoms with Crippen molar-refractivity contribution in [1.29, 1.82) is 0 Å². The van der Waals surface area contributed by atoms with E-state index in [-0.39, 0.29) is 44.6 Å². The molecule has 47 heavy (non-hydrogen) atoms. The van der Waals surface area contributed by atoms with Crippen LogP contribution in [0.3, 0.4) is 0 Å². The zero-order chi connectivity index (χ0) is 32.2. The predicted octanol–water partition coefficient (Wildman–Crippen LogP) is 16.8. The van der Waals surface area contributed by atoms with Gasteiger partial charge in [-0.25, -0.2) is 0 Å². The van der Waals surface area contributed by atoms with Crippen molar-refractivity contribution in [2.75, 3.05) is 0 Å². The van der Waals surface area contributed by atoms with E-state index in [1.807, 2.05) is 0 Å². The first-order valence-electron chi connectivity index (χ1n) is 17.0. The molecule has 0 amide bonds. The summed E-state index contributed by atoms with van der Waals surface area (Å²) in [6.45, 7) is 39.8. The third-order valence-electron chi connectivity index (χ3n) is 17.1. The number of rotatable bonds is 4. The van der Waals surface area contributed by atoms with E-state index < -0.39 is 0 Å². The summed E-state index contributed by atoms with van der Waals surface area (Å²) in [6.07, 6.45) is 11.5. The molecule has 4 rings (SSSR count). The monoisotopic (exact) mass is 890 g/mol. The third kappa shape index (κ3) is 8.13. The average Bonchev–Trinajstić information content (AvgIpc) is 3.13. The van der Waals surface area contributed by atoms with Gasteiger partial charge in [-0.2, -0.15) is 0 Å². The summed E-state index contributed by atoms with van der Waals surface area (Å²) in [5.41, 5.74) is 3.01. The minimum atomic E-state index is 0. The Balaban J connectivity index is -0.000000566. The van der Waals surface area contributed by atoms with Crippen molar-refractivity contribution in [1.82, 2.24) is 0 Å². The van der Waals surface area contributed by atoms with Crippen molar-refractivity contribution in [3.63, 3.8) is 0 Å². The van der Waals surface area contributed by atoms with Crippen LogP contribution in [0.1, 0.15) is 200 Å². The predicted molar refractivity (Wildman–Crippen MR) is 238 cm³/mol. The van der Waals surface area contributed by atoms with Crippen LogP contribution in [0, 0.1) is 79.3 Å². The molecule has 0 aromatic rings. The van der Waals surface area contributed by atoms with Crippen LogP contribution < -0.4 is 0 Å². The molecule has 287 valence electrons. The molecule has 0 spiro atoms. The van der Waals surface area contributed by atoms with E-state index in [1.54, 1.807) is 0 Å². The Morgan fingerprint density at radius 1 is 0.660 bits per heavy atom. The molecule has 1 radical (unpaired) electrons. The van der Waals surface area contributed by atoms with Gasteiger partial charge in [0.1, 0.15) is 0 Å². The SMILES string of the molecule is C.C.C.C.C.C.CC(CCC(C)C(C)(C)C)C1CC(C)C2(C)C3(C)C(C)CC4C(C)(C)C(C)CC[C@]4(C)C3(C)CC[C@]12C.II.[B]=O. The van der Waals surface area contributed by atoms with Crippen LogP contribution in [0.5, 0.6) is 0 Å². The first-order valence-corrected chi connectivity index (χ1v) is 23.3. The van der Waals surface area contributed by atoms with Gasteiger partial charge in [0.15, 0.2) is 0 Å². The standard InChI is InChI=1S/C37H68.6CH4.BO.I2/c1-24(16-17-25(2)31(6,7)8)29-22-27(4)36(14)33(29,11)20-21-35(13)34(12)19-18-26(3)32(9,10)30(34)23-28(5)37(35,36)15;;;;;;;2*1-2/h24-30H,16-23H2,1-15H3;6*1H4;;/t24?,25?,26?,27?,28?,29?,30?,33-,34+,35?,36?,37?;;;;;;;;/m1......../s1. The van der Waals surface area contributed by atoms with Gasteiger partial charge in [-0.05, 0) is 124 Å². The van der Waals surface area contributed by atoms with Crippen LogP contribution in [0.15, 0.2) is 0 Å². The van der Waals surface area contributed by atoms with E-state index >= 15 is 0 Å². The van der Waals surface area contributed by atoms with E-state index in [1.165, 1.54) is 51.4 Å². The molecule has 4 aliphatic carbocycles. The molecular formula is C43H92BI2O. The second-order valence-electron chi connectivity index (χ2n) is 18.6. The first kappa shape index (κ1) is 57.7. The van der Waals surface area contributed by atoms with Crippen LogP contribution in [0.25, 0.3) is 0 Å². The second-order valence-corrected chi connectivity index (χ2v) is 18.6. The summed E-state index contributed by atoms with van der Waals surface area (Å²) in [5.74, 6) is 5.82. The molecule has 12 atom stereocenters. The Morgan fingerprint density at radius 2 is 1.11 bits per heavy atom. The van der Waals surface area contributed by atoms with Gasteiger partial charge in [-0.1, -0.05) is 155 Å². The molecule has 4 heteroatoms. The maximum atomic E-state index is 7.75. The van der Waals surface area contributed by atoms with Crippen molar-refractivity contribution in [2.45, 2.75) is 200 Å². The van der Waals surface area contributed by atoms with Crippen molar-refractivity contribution in [2.24, 2.45) is 79.3 Å². The number of hydrogen-bond acceptors (Lipinski definition) is 1. The maximum absolute atomic E-state index is 7.75. The quantitative estimate of drug-likeness (QED) is 0.203. The molecule has 4 saturated carbocycles. The molecule has 4 aliphatic rings. The molecule has 1 nitrogen and oxygen atoms in total. The first-order chi connectivity index (χ1) is 18.7. The summed E-state index contributed by atoms with van der Waals surface area (Å²) in [5, 5.41) is 0. The molecule has 0 aromatic carbocycles. The van der Waals surface area contributed by atoms with Gasteiger partial charge in [0.25, 0.3) is 0 Å². The van der Waals surface area contributed by atoms with E-state index in [4.69, 9.17) is 4.70 Å². The Labute approximate surface area is 326 Å². The molecule has 10 unspecified atom stereocenters. The molecule has 0 aromatic heterocycles. The third-order valence-corrected chi connectivity index (χ3v) is 17.1. The number of hydrogen-bond donors (Lipinski definition) is 0. The fraction of sp³-hybridized carbons (Fsp3) is 1.00. The van der Waals surface area contributed by atoms with Gasteiger partial charge in [0.2, 0.25) is 0 Å². The normalized spacial score (nSPS) is 42.0. The van der Waals surface area contributed by atoms with E-state index in [0.29, 0.717) is 37.9 Å². The topological polar surface area (TPSA) is 17.1 Å². The fourth-order valence-electron chi connectivity index (χ4n) is 12.7. The van der Waals surface area contributed by atoms with Gasteiger partial charge >= 0.3 is 12.4 Å². The molecular weight excluding hydrogens is 797 g/mol. The van der Waals surface area contributed by atoms with Crippen LogP contribution in [0.2, 0.25) is 0 Å². The van der Waals surface area contributed by atoms with Crippen molar-refractivity contribution in [3.8, 4) is 0 Å². The van der Waals surface area contributed by atoms with Crippen LogP contribution in [-0.2, 0) is 4.70 Å². The molecule has 0 bridgehead atoms. The van der Waals surface area contributed by atoms with Gasteiger partial charge in [-0.15, -0.1) is 0 Å². The van der Waals surface area contributed by atoms with Crippen LogP contribution in [0.4, 0.5) is 0 Å². The fourth-order valence-corrected chi connectivity index (χ4v) is 12.7. The zero-order valence-electron chi connectivity index (χ0n) is 29.9. The van der Waals surface area contributed by atoms with Gasteiger partial charge in [0, 0.05) is 37.2 Å². The van der Waals surface area contributed by atoms with Gasteiger partial charge < -0.3 is 0 Å². The molecule has 0 saturated heterocycles. The Hall–Kier alpha value is 1.32. The van der Waals surface area contributed by atoms with Crippen LogP contribution in [-0.4, -0.2) is 7.72 Å². The van der Waals surface area contributed by atoms with E-state index in [0.717, 1.165) is 41.4 Å². The average molecular weight is 890 g/mol. The van der Waals surface area contributed by atoms with Crippen molar-refractivity contribution < 1.29 is 4.70 Å². The summed E-state index contributed by atoms with van der Waals surface area (Å²) < 4.78 is 7.75. The summed E-state index contributed by atoms with van der Waals surface area (Å²) in [7, 11) is 3.25. The minimum absolute atomic E-state index is 0. The molecule has 4 fully saturated rings. The van der Waals surface area contributed by atoms with Crippen LogP contribution >= 0.6 is 37.2 Å². The Bertz CT molecular complexity index is 901. The Kier molecular flexibility index (Phi) is 23.8. The van der Waals surface area contributed by atoms with E-state index in [9.17, 15) is 0 Å². The molecule has 0 aliphatic heterocycles. The summed E-state index contributed by atoms with van der Waals surface area (Å²) in [6, 6.07) is 0. The van der Waals surface area contributed by atoms with Crippen molar-refractivity contribution >= 4 is 44.9 Å². The van der Waals surface area contributed by atoms with Gasteiger partial charge in [0.05, 0.1) is 0 Å². The Morgan fingerprint density at radius 3 is 1.55 bits per heavy atom. The zero-order valence-corrected chi connectivity index (χ0v) is 34.3. The van der Waals surface area contributed by atoms with E-state index in [2.05, 4.69) is 149 Å². The number of halogens is 2. The number of fused-ring (bicyclic) bond motifs is 5. The summed E-state index contributed by atoms with van der Waals surface area (Å²) in [4.78, 5) is 0. The molecule has 0 N–H and O–H groups in total. The second kappa shape index (κ2) is 19.4.